The van der Waals surface area contributed by atoms with E-state index in [0.717, 1.165) is 11.4 Å². The van der Waals surface area contributed by atoms with Gasteiger partial charge < -0.3 is 24.6 Å². The van der Waals surface area contributed by atoms with Gasteiger partial charge in [-0.15, -0.1) is 0 Å². The zero-order chi connectivity index (χ0) is 23.2. The van der Waals surface area contributed by atoms with Crippen molar-refractivity contribution >= 4 is 23.2 Å². The van der Waals surface area contributed by atoms with E-state index in [1.807, 2.05) is 54.6 Å². The lowest BCUT2D eigenvalue weighted by Gasteiger charge is -2.35. The van der Waals surface area contributed by atoms with Gasteiger partial charge in [0.2, 0.25) is 0 Å². The fourth-order valence-corrected chi connectivity index (χ4v) is 3.89. The molecule has 0 bridgehead atoms. The van der Waals surface area contributed by atoms with Gasteiger partial charge in [0.1, 0.15) is 0 Å². The van der Waals surface area contributed by atoms with Crippen molar-refractivity contribution in [2.75, 3.05) is 45.7 Å². The van der Waals surface area contributed by atoms with Crippen LogP contribution in [-0.2, 0) is 0 Å². The summed E-state index contributed by atoms with van der Waals surface area (Å²) >= 11 is 0. The Hall–Kier alpha value is -4.00. The second-order valence-electron chi connectivity index (χ2n) is 7.69. The molecule has 33 heavy (non-hydrogen) atoms. The fraction of sp³-hybridized carbons (Fsp3) is 0.231. The maximum Gasteiger partial charge on any atom is 0.256 e. The van der Waals surface area contributed by atoms with Crippen molar-refractivity contribution in [2.24, 2.45) is 0 Å². The van der Waals surface area contributed by atoms with Crippen LogP contribution in [0.25, 0.3) is 0 Å². The van der Waals surface area contributed by atoms with Gasteiger partial charge in [-0.1, -0.05) is 30.3 Å². The van der Waals surface area contributed by atoms with Gasteiger partial charge in [0.25, 0.3) is 11.8 Å². The number of anilines is 2. The summed E-state index contributed by atoms with van der Waals surface area (Å²) in [6.07, 6.45) is 0. The van der Waals surface area contributed by atoms with E-state index >= 15 is 0 Å². The minimum atomic E-state index is -0.0887. The summed E-state index contributed by atoms with van der Waals surface area (Å²) in [7, 11) is 3.10. The Balaban J connectivity index is 1.42. The average Bonchev–Trinajstić information content (AvgIpc) is 2.88. The summed E-state index contributed by atoms with van der Waals surface area (Å²) in [6.45, 7) is 1.87. The highest BCUT2D eigenvalue weighted by atomic mass is 16.5. The number of para-hydroxylation sites is 2. The predicted octanol–water partition coefficient (Wildman–Crippen LogP) is 4.05. The number of hydrogen-bond acceptors (Lipinski definition) is 5. The Bertz CT molecular complexity index is 1130. The molecule has 3 aromatic carbocycles. The Kier molecular flexibility index (Phi) is 6.78. The number of carbonyl (C=O) groups excluding carboxylic acids is 2. The van der Waals surface area contributed by atoms with Crippen molar-refractivity contribution in [1.82, 2.24) is 9.80 Å². The molecule has 0 aromatic heterocycles. The number of nitrogens with zero attached hydrogens (tertiary/aromatic N) is 2. The molecule has 1 fully saturated rings. The topological polar surface area (TPSA) is 71.1 Å². The molecule has 0 radical (unpaired) electrons. The van der Waals surface area contributed by atoms with Gasteiger partial charge in [-0.3, -0.25) is 9.59 Å². The standard InChI is InChI=1S/C26H27N3O4/c1-32-23-13-12-19(18-24(23)33-2)25(30)28-14-16-29(17-15-28)26(31)21-10-6-7-11-22(21)27-20-8-4-3-5-9-20/h3-13,18,27H,14-17H2,1-2H3. The van der Waals surface area contributed by atoms with Crippen LogP contribution in [0.3, 0.4) is 0 Å². The van der Waals surface area contributed by atoms with Gasteiger partial charge in [-0.2, -0.15) is 0 Å². The molecule has 1 aliphatic rings. The minimum Gasteiger partial charge on any atom is -0.493 e. The molecule has 1 N–H and O–H groups in total. The second-order valence-corrected chi connectivity index (χ2v) is 7.69. The van der Waals surface area contributed by atoms with Crippen molar-refractivity contribution in [3.8, 4) is 11.5 Å². The molecular formula is C26H27N3O4. The first-order valence-electron chi connectivity index (χ1n) is 10.8. The predicted molar refractivity (Wildman–Crippen MR) is 128 cm³/mol. The number of carbonyl (C=O) groups is 2. The van der Waals surface area contributed by atoms with Crippen molar-refractivity contribution < 1.29 is 19.1 Å². The number of methoxy groups -OCH3 is 2. The van der Waals surface area contributed by atoms with Crippen LogP contribution >= 0.6 is 0 Å². The lowest BCUT2D eigenvalue weighted by atomic mass is 10.1. The highest BCUT2D eigenvalue weighted by Crippen LogP contribution is 2.28. The maximum absolute atomic E-state index is 13.3. The molecule has 170 valence electrons. The molecule has 0 atom stereocenters. The molecule has 1 heterocycles. The third kappa shape index (κ3) is 4.92. The van der Waals surface area contributed by atoms with Crippen LogP contribution in [-0.4, -0.2) is 62.0 Å². The van der Waals surface area contributed by atoms with E-state index in [-0.39, 0.29) is 11.8 Å². The summed E-state index contributed by atoms with van der Waals surface area (Å²) in [4.78, 5) is 29.8. The molecule has 1 aliphatic heterocycles. The van der Waals surface area contributed by atoms with Crippen LogP contribution < -0.4 is 14.8 Å². The van der Waals surface area contributed by atoms with Gasteiger partial charge in [0.05, 0.1) is 25.5 Å². The number of benzene rings is 3. The molecule has 1 saturated heterocycles. The molecule has 0 aliphatic carbocycles. The number of ether oxygens (including phenoxy) is 2. The average molecular weight is 446 g/mol. The van der Waals surface area contributed by atoms with Crippen molar-refractivity contribution in [1.29, 1.82) is 0 Å². The zero-order valence-electron chi connectivity index (χ0n) is 18.8. The van der Waals surface area contributed by atoms with E-state index in [0.29, 0.717) is 48.8 Å². The molecule has 3 aromatic rings. The van der Waals surface area contributed by atoms with E-state index in [9.17, 15) is 9.59 Å². The van der Waals surface area contributed by atoms with Gasteiger partial charge in [-0.25, -0.2) is 0 Å². The van der Waals surface area contributed by atoms with E-state index in [1.165, 1.54) is 0 Å². The highest BCUT2D eigenvalue weighted by molar-refractivity contribution is 6.00. The van der Waals surface area contributed by atoms with E-state index in [4.69, 9.17) is 9.47 Å². The lowest BCUT2D eigenvalue weighted by Crippen LogP contribution is -2.50. The molecule has 2 amide bonds. The molecule has 0 unspecified atom stereocenters. The number of amides is 2. The Labute approximate surface area is 193 Å². The van der Waals surface area contributed by atoms with Crippen LogP contribution in [0.4, 0.5) is 11.4 Å². The minimum absolute atomic E-state index is 0.0488. The Morgan fingerprint density at radius 2 is 1.33 bits per heavy atom. The SMILES string of the molecule is COc1ccc(C(=O)N2CCN(C(=O)c3ccccc3Nc3ccccc3)CC2)cc1OC. The first-order chi connectivity index (χ1) is 16.1. The van der Waals surface area contributed by atoms with Crippen LogP contribution in [0.15, 0.2) is 72.8 Å². The van der Waals surface area contributed by atoms with Crippen molar-refractivity contribution in [3.05, 3.63) is 83.9 Å². The summed E-state index contributed by atoms with van der Waals surface area (Å²) < 4.78 is 10.6. The molecule has 7 nitrogen and oxygen atoms in total. The van der Waals surface area contributed by atoms with Crippen LogP contribution in [0, 0.1) is 0 Å². The quantitative estimate of drug-likeness (QED) is 0.620. The van der Waals surface area contributed by atoms with E-state index < -0.39 is 0 Å². The molecular weight excluding hydrogens is 418 g/mol. The van der Waals surface area contributed by atoms with Gasteiger partial charge in [0.15, 0.2) is 11.5 Å². The van der Waals surface area contributed by atoms with Gasteiger partial charge in [0, 0.05) is 37.4 Å². The van der Waals surface area contributed by atoms with Crippen LogP contribution in [0.1, 0.15) is 20.7 Å². The van der Waals surface area contributed by atoms with Crippen LogP contribution in [0.5, 0.6) is 11.5 Å². The highest BCUT2D eigenvalue weighted by Gasteiger charge is 2.27. The second kappa shape index (κ2) is 10.1. The van der Waals surface area contributed by atoms with Crippen LogP contribution in [0.2, 0.25) is 0 Å². The third-order valence-corrected chi connectivity index (χ3v) is 5.69. The zero-order valence-corrected chi connectivity index (χ0v) is 18.8. The summed E-state index contributed by atoms with van der Waals surface area (Å²) in [6, 6.07) is 22.4. The number of nitrogens with one attached hydrogen (secondary N) is 1. The number of hydrogen-bond donors (Lipinski definition) is 1. The molecule has 0 spiro atoms. The first kappa shape index (κ1) is 22.2. The molecule has 0 saturated carbocycles. The van der Waals surface area contributed by atoms with Gasteiger partial charge >= 0.3 is 0 Å². The monoisotopic (exact) mass is 445 g/mol. The number of rotatable bonds is 6. The normalized spacial score (nSPS) is 13.4. The molecule has 4 rings (SSSR count). The summed E-state index contributed by atoms with van der Waals surface area (Å²) in [5, 5.41) is 3.33. The van der Waals surface area contributed by atoms with Crippen molar-refractivity contribution in [2.45, 2.75) is 0 Å². The fourth-order valence-electron chi connectivity index (χ4n) is 3.89. The summed E-state index contributed by atoms with van der Waals surface area (Å²) in [5.41, 5.74) is 2.83. The first-order valence-corrected chi connectivity index (χ1v) is 10.8. The maximum atomic E-state index is 13.3. The van der Waals surface area contributed by atoms with E-state index in [2.05, 4.69) is 5.32 Å². The Morgan fingerprint density at radius 1 is 0.727 bits per heavy atom. The third-order valence-electron chi connectivity index (χ3n) is 5.69. The molecule has 7 heteroatoms. The van der Waals surface area contributed by atoms with E-state index in [1.54, 1.807) is 42.2 Å². The van der Waals surface area contributed by atoms with Gasteiger partial charge in [-0.05, 0) is 42.5 Å². The van der Waals surface area contributed by atoms with Crippen molar-refractivity contribution in [3.63, 3.8) is 0 Å². The number of piperazine rings is 1. The largest absolute Gasteiger partial charge is 0.493 e. The lowest BCUT2D eigenvalue weighted by molar-refractivity contribution is 0.0536. The summed E-state index contributed by atoms with van der Waals surface area (Å²) in [5.74, 6) is 0.952. The smallest absolute Gasteiger partial charge is 0.256 e. The Morgan fingerprint density at radius 3 is 2.00 bits per heavy atom.